The standard InChI is InChI=1S/C15H19FN2O2S/c1-3-15(2)6-8-18(9-7-15)21(19,20)13-4-5-14(16)12(10-13)11-17/h4-5,10H,3,6-9H2,1-2H3. The van der Waals surface area contributed by atoms with Crippen molar-refractivity contribution in [2.75, 3.05) is 13.1 Å². The van der Waals surface area contributed by atoms with Crippen molar-refractivity contribution in [3.8, 4) is 6.07 Å². The molecule has 0 bridgehead atoms. The average Bonchev–Trinajstić information content (AvgIpc) is 2.48. The van der Waals surface area contributed by atoms with E-state index in [4.69, 9.17) is 5.26 Å². The van der Waals surface area contributed by atoms with E-state index < -0.39 is 15.8 Å². The van der Waals surface area contributed by atoms with Crippen molar-refractivity contribution in [3.63, 3.8) is 0 Å². The molecule has 0 aliphatic carbocycles. The highest BCUT2D eigenvalue weighted by atomic mass is 32.2. The Hall–Kier alpha value is -1.45. The monoisotopic (exact) mass is 310 g/mol. The summed E-state index contributed by atoms with van der Waals surface area (Å²) in [5.41, 5.74) is -0.0569. The number of hydrogen-bond donors (Lipinski definition) is 0. The summed E-state index contributed by atoms with van der Waals surface area (Å²) >= 11 is 0. The summed E-state index contributed by atoms with van der Waals surface area (Å²) < 4.78 is 39.9. The van der Waals surface area contributed by atoms with Crippen molar-refractivity contribution in [1.29, 1.82) is 5.26 Å². The van der Waals surface area contributed by atoms with Crippen LogP contribution in [0.25, 0.3) is 0 Å². The van der Waals surface area contributed by atoms with Gasteiger partial charge in [-0.25, -0.2) is 12.8 Å². The summed E-state index contributed by atoms with van der Waals surface area (Å²) in [6.45, 7) is 5.21. The van der Waals surface area contributed by atoms with Gasteiger partial charge in [-0.3, -0.25) is 0 Å². The first-order valence-corrected chi connectivity index (χ1v) is 8.46. The number of piperidine rings is 1. The Labute approximate surface area is 125 Å². The van der Waals surface area contributed by atoms with Gasteiger partial charge in [0.2, 0.25) is 10.0 Å². The molecule has 0 N–H and O–H groups in total. The highest BCUT2D eigenvalue weighted by molar-refractivity contribution is 7.89. The summed E-state index contributed by atoms with van der Waals surface area (Å²) in [5, 5.41) is 8.82. The highest BCUT2D eigenvalue weighted by Gasteiger charge is 2.34. The first-order chi connectivity index (χ1) is 9.82. The molecule has 0 radical (unpaired) electrons. The smallest absolute Gasteiger partial charge is 0.207 e. The third-order valence-corrected chi connectivity index (χ3v) is 6.37. The molecule has 4 nitrogen and oxygen atoms in total. The van der Waals surface area contributed by atoms with Crippen LogP contribution in [-0.2, 0) is 10.0 Å². The molecule has 1 aliphatic rings. The molecular formula is C15H19FN2O2S. The van der Waals surface area contributed by atoms with E-state index in [9.17, 15) is 12.8 Å². The topological polar surface area (TPSA) is 61.2 Å². The van der Waals surface area contributed by atoms with Crippen molar-refractivity contribution in [2.45, 2.75) is 38.0 Å². The summed E-state index contributed by atoms with van der Waals surface area (Å²) in [6, 6.07) is 5.04. The third kappa shape index (κ3) is 3.09. The van der Waals surface area contributed by atoms with E-state index in [0.29, 0.717) is 13.1 Å². The molecule has 1 aliphatic heterocycles. The van der Waals surface area contributed by atoms with Gasteiger partial charge in [0.25, 0.3) is 0 Å². The predicted molar refractivity (Wildman–Crippen MR) is 77.5 cm³/mol. The first kappa shape index (κ1) is 15.9. The molecular weight excluding hydrogens is 291 g/mol. The van der Waals surface area contributed by atoms with Crippen LogP contribution in [0.4, 0.5) is 4.39 Å². The number of hydrogen-bond acceptors (Lipinski definition) is 3. The van der Waals surface area contributed by atoms with E-state index in [0.717, 1.165) is 31.4 Å². The van der Waals surface area contributed by atoms with Gasteiger partial charge in [-0.2, -0.15) is 9.57 Å². The van der Waals surface area contributed by atoms with Crippen LogP contribution >= 0.6 is 0 Å². The molecule has 0 saturated carbocycles. The maximum Gasteiger partial charge on any atom is 0.243 e. The van der Waals surface area contributed by atoms with Crippen LogP contribution in [0.1, 0.15) is 38.7 Å². The second-order valence-electron chi connectivity index (χ2n) is 5.82. The Balaban J connectivity index is 2.26. The largest absolute Gasteiger partial charge is 0.243 e. The average molecular weight is 310 g/mol. The molecule has 1 aromatic carbocycles. The van der Waals surface area contributed by atoms with Gasteiger partial charge < -0.3 is 0 Å². The van der Waals surface area contributed by atoms with Crippen LogP contribution in [0.15, 0.2) is 23.1 Å². The van der Waals surface area contributed by atoms with Crippen LogP contribution in [0.5, 0.6) is 0 Å². The molecule has 0 aromatic heterocycles. The Morgan fingerprint density at radius 1 is 1.38 bits per heavy atom. The second-order valence-corrected chi connectivity index (χ2v) is 7.76. The maximum absolute atomic E-state index is 13.3. The number of nitriles is 1. The fourth-order valence-corrected chi connectivity index (χ4v) is 3.99. The van der Waals surface area contributed by atoms with Gasteiger partial charge >= 0.3 is 0 Å². The molecule has 6 heteroatoms. The predicted octanol–water partition coefficient (Wildman–Crippen LogP) is 2.90. The second kappa shape index (κ2) is 5.74. The van der Waals surface area contributed by atoms with E-state index in [1.165, 1.54) is 10.4 Å². The number of sulfonamides is 1. The van der Waals surface area contributed by atoms with Gasteiger partial charge in [0.1, 0.15) is 11.9 Å². The van der Waals surface area contributed by atoms with Crippen molar-refractivity contribution < 1.29 is 12.8 Å². The molecule has 0 amide bonds. The maximum atomic E-state index is 13.3. The Morgan fingerprint density at radius 3 is 2.52 bits per heavy atom. The Bertz CT molecular complexity index is 671. The lowest BCUT2D eigenvalue weighted by atomic mass is 9.79. The molecule has 21 heavy (non-hydrogen) atoms. The van der Waals surface area contributed by atoms with E-state index >= 15 is 0 Å². The molecule has 1 fully saturated rings. The lowest BCUT2D eigenvalue weighted by molar-refractivity contribution is 0.169. The molecule has 114 valence electrons. The molecule has 1 heterocycles. The summed E-state index contributed by atoms with van der Waals surface area (Å²) in [5.74, 6) is -0.700. The molecule has 2 rings (SSSR count). The van der Waals surface area contributed by atoms with Gasteiger partial charge in [-0.05, 0) is 36.5 Å². The van der Waals surface area contributed by atoms with Gasteiger partial charge in [-0.1, -0.05) is 20.3 Å². The van der Waals surface area contributed by atoms with E-state index in [2.05, 4.69) is 13.8 Å². The number of rotatable bonds is 3. The first-order valence-electron chi connectivity index (χ1n) is 7.02. The lowest BCUT2D eigenvalue weighted by Crippen LogP contribution is -2.41. The van der Waals surface area contributed by atoms with Crippen LogP contribution < -0.4 is 0 Å². The minimum absolute atomic E-state index is 0.0134. The van der Waals surface area contributed by atoms with E-state index in [1.54, 1.807) is 6.07 Å². The van der Waals surface area contributed by atoms with Gasteiger partial charge in [0.15, 0.2) is 0 Å². The number of nitrogens with zero attached hydrogens (tertiary/aromatic N) is 2. The van der Waals surface area contributed by atoms with Crippen molar-refractivity contribution in [3.05, 3.63) is 29.6 Å². The molecule has 0 atom stereocenters. The van der Waals surface area contributed by atoms with E-state index in [1.807, 2.05) is 0 Å². The Kier molecular flexibility index (Phi) is 4.35. The van der Waals surface area contributed by atoms with E-state index in [-0.39, 0.29) is 15.9 Å². The number of halogens is 1. The van der Waals surface area contributed by atoms with Gasteiger partial charge in [-0.15, -0.1) is 0 Å². The SMILES string of the molecule is CCC1(C)CCN(S(=O)(=O)c2ccc(F)c(C#N)c2)CC1. The normalized spacial score (nSPS) is 19.1. The highest BCUT2D eigenvalue weighted by Crippen LogP contribution is 2.35. The minimum Gasteiger partial charge on any atom is -0.207 e. The third-order valence-electron chi connectivity index (χ3n) is 4.48. The van der Waals surface area contributed by atoms with Gasteiger partial charge in [0.05, 0.1) is 10.5 Å². The van der Waals surface area contributed by atoms with Gasteiger partial charge in [0, 0.05) is 13.1 Å². The zero-order valence-corrected chi connectivity index (χ0v) is 13.1. The molecule has 0 spiro atoms. The van der Waals surface area contributed by atoms with Crippen molar-refractivity contribution in [1.82, 2.24) is 4.31 Å². The summed E-state index contributed by atoms with van der Waals surface area (Å²) in [6.07, 6.45) is 2.65. The minimum atomic E-state index is -3.65. The van der Waals surface area contributed by atoms with Crippen LogP contribution in [0.2, 0.25) is 0 Å². The van der Waals surface area contributed by atoms with Crippen LogP contribution in [-0.4, -0.2) is 25.8 Å². The fraction of sp³-hybridized carbons (Fsp3) is 0.533. The quantitative estimate of drug-likeness (QED) is 0.862. The summed E-state index contributed by atoms with van der Waals surface area (Å²) in [4.78, 5) is -0.0134. The van der Waals surface area contributed by atoms with Crippen molar-refractivity contribution in [2.24, 2.45) is 5.41 Å². The van der Waals surface area contributed by atoms with Crippen molar-refractivity contribution >= 4 is 10.0 Å². The zero-order valence-electron chi connectivity index (χ0n) is 12.3. The summed E-state index contributed by atoms with van der Waals surface area (Å²) in [7, 11) is -3.65. The lowest BCUT2D eigenvalue weighted by Gasteiger charge is -2.38. The molecule has 1 saturated heterocycles. The molecule has 0 unspecified atom stereocenters. The zero-order chi connectivity index (χ0) is 15.7. The Morgan fingerprint density at radius 2 is 2.00 bits per heavy atom. The van der Waals surface area contributed by atoms with Crippen LogP contribution in [0.3, 0.4) is 0 Å². The fourth-order valence-electron chi connectivity index (χ4n) is 2.52. The van der Waals surface area contributed by atoms with Crippen LogP contribution in [0, 0.1) is 22.6 Å². The number of benzene rings is 1. The molecule has 1 aromatic rings.